The second-order valence-corrected chi connectivity index (χ2v) is 5.22. The number of aliphatic hydroxyl groups is 1. The number of benzene rings is 1. The molecule has 19 heavy (non-hydrogen) atoms. The van der Waals surface area contributed by atoms with E-state index >= 15 is 0 Å². The molecule has 0 saturated heterocycles. The number of ether oxygens (including phenoxy) is 2. The van der Waals surface area contributed by atoms with Gasteiger partial charge in [-0.3, -0.25) is 0 Å². The molecular weight excluding hydrogens is 242 g/mol. The summed E-state index contributed by atoms with van der Waals surface area (Å²) in [6, 6.07) is 7.99. The first-order valence-corrected chi connectivity index (χ1v) is 6.65. The molecule has 108 valence electrons. The molecule has 1 rings (SSSR count). The predicted molar refractivity (Wildman–Crippen MR) is 76.4 cm³/mol. The molecule has 0 aliphatic rings. The fraction of sp³-hybridized carbons (Fsp3) is 0.600. The lowest BCUT2D eigenvalue weighted by molar-refractivity contribution is 0.0553. The van der Waals surface area contributed by atoms with Crippen molar-refractivity contribution in [1.82, 2.24) is 5.32 Å². The van der Waals surface area contributed by atoms with Gasteiger partial charge in [0.1, 0.15) is 5.75 Å². The highest BCUT2D eigenvalue weighted by molar-refractivity contribution is 5.27. The molecule has 0 aromatic heterocycles. The SMILES string of the molecule is COCCNCc1ccc(OCCC(C)(C)O)cc1. The van der Waals surface area contributed by atoms with Gasteiger partial charge in [0.15, 0.2) is 0 Å². The first kappa shape index (κ1) is 16.0. The van der Waals surface area contributed by atoms with Gasteiger partial charge in [-0.1, -0.05) is 12.1 Å². The van der Waals surface area contributed by atoms with Crippen LogP contribution in [0, 0.1) is 0 Å². The van der Waals surface area contributed by atoms with Gasteiger partial charge in [-0.15, -0.1) is 0 Å². The number of methoxy groups -OCH3 is 1. The normalized spacial score (nSPS) is 11.6. The molecule has 4 heteroatoms. The maximum Gasteiger partial charge on any atom is 0.119 e. The van der Waals surface area contributed by atoms with E-state index in [9.17, 15) is 5.11 Å². The molecule has 2 N–H and O–H groups in total. The Balaban J connectivity index is 2.27. The summed E-state index contributed by atoms with van der Waals surface area (Å²) in [6.45, 7) is 6.48. The van der Waals surface area contributed by atoms with E-state index in [0.29, 0.717) is 13.0 Å². The lowest BCUT2D eigenvalue weighted by atomic mass is 10.1. The van der Waals surface area contributed by atoms with Crippen LogP contribution in [0.1, 0.15) is 25.8 Å². The van der Waals surface area contributed by atoms with Crippen LogP contribution < -0.4 is 10.1 Å². The molecular formula is C15H25NO3. The fourth-order valence-corrected chi connectivity index (χ4v) is 1.53. The molecule has 0 unspecified atom stereocenters. The molecule has 0 aliphatic carbocycles. The maximum absolute atomic E-state index is 9.58. The van der Waals surface area contributed by atoms with E-state index in [2.05, 4.69) is 5.32 Å². The van der Waals surface area contributed by atoms with Gasteiger partial charge in [0.25, 0.3) is 0 Å². The van der Waals surface area contributed by atoms with Gasteiger partial charge in [0, 0.05) is 26.6 Å². The quantitative estimate of drug-likeness (QED) is 0.672. The Morgan fingerprint density at radius 1 is 1.16 bits per heavy atom. The Morgan fingerprint density at radius 2 is 1.84 bits per heavy atom. The van der Waals surface area contributed by atoms with Crippen LogP contribution in [0.4, 0.5) is 0 Å². The lowest BCUT2D eigenvalue weighted by Gasteiger charge is -2.17. The second-order valence-electron chi connectivity index (χ2n) is 5.22. The molecule has 0 radical (unpaired) electrons. The Morgan fingerprint density at radius 3 is 2.42 bits per heavy atom. The van der Waals surface area contributed by atoms with E-state index in [0.717, 1.165) is 25.4 Å². The number of hydrogen-bond donors (Lipinski definition) is 2. The Labute approximate surface area is 115 Å². The number of hydrogen-bond acceptors (Lipinski definition) is 4. The van der Waals surface area contributed by atoms with Gasteiger partial charge >= 0.3 is 0 Å². The molecule has 0 fully saturated rings. The van der Waals surface area contributed by atoms with E-state index in [4.69, 9.17) is 9.47 Å². The molecule has 0 spiro atoms. The van der Waals surface area contributed by atoms with Gasteiger partial charge in [-0.05, 0) is 31.5 Å². The molecule has 0 bridgehead atoms. The van der Waals surface area contributed by atoms with Gasteiger partial charge in [0.2, 0.25) is 0 Å². The summed E-state index contributed by atoms with van der Waals surface area (Å²) in [5.41, 5.74) is 0.538. The van der Waals surface area contributed by atoms with Crippen LogP contribution in [0.2, 0.25) is 0 Å². The zero-order chi connectivity index (χ0) is 14.1. The Kier molecular flexibility index (Phi) is 6.84. The van der Waals surface area contributed by atoms with Gasteiger partial charge in [-0.25, -0.2) is 0 Å². The molecule has 0 atom stereocenters. The topological polar surface area (TPSA) is 50.7 Å². The molecule has 1 aromatic rings. The second kappa shape index (κ2) is 8.15. The lowest BCUT2D eigenvalue weighted by Crippen LogP contribution is -2.21. The van der Waals surface area contributed by atoms with Crippen molar-refractivity contribution in [3.63, 3.8) is 0 Å². The summed E-state index contributed by atoms with van der Waals surface area (Å²) < 4.78 is 10.5. The van der Waals surface area contributed by atoms with E-state index in [1.165, 1.54) is 5.56 Å². The van der Waals surface area contributed by atoms with Crippen LogP contribution >= 0.6 is 0 Å². The Bertz CT molecular complexity index is 343. The summed E-state index contributed by atoms with van der Waals surface area (Å²) in [7, 11) is 1.70. The summed E-state index contributed by atoms with van der Waals surface area (Å²) >= 11 is 0. The molecule has 0 amide bonds. The molecule has 0 heterocycles. The average Bonchev–Trinajstić information content (AvgIpc) is 2.35. The van der Waals surface area contributed by atoms with Crippen LogP contribution in [0.25, 0.3) is 0 Å². The van der Waals surface area contributed by atoms with Crippen molar-refractivity contribution in [3.05, 3.63) is 29.8 Å². The highest BCUT2D eigenvalue weighted by atomic mass is 16.5. The van der Waals surface area contributed by atoms with Crippen molar-refractivity contribution in [1.29, 1.82) is 0 Å². The first-order chi connectivity index (χ1) is 9.01. The zero-order valence-corrected chi connectivity index (χ0v) is 12.1. The third-order valence-corrected chi connectivity index (χ3v) is 2.72. The summed E-state index contributed by atoms with van der Waals surface area (Å²) in [6.07, 6.45) is 0.618. The van der Waals surface area contributed by atoms with Gasteiger partial charge in [-0.2, -0.15) is 0 Å². The fourth-order valence-electron chi connectivity index (χ4n) is 1.53. The minimum atomic E-state index is -0.675. The summed E-state index contributed by atoms with van der Waals surface area (Å²) in [5.74, 6) is 0.838. The highest BCUT2D eigenvalue weighted by Crippen LogP contribution is 2.14. The van der Waals surface area contributed by atoms with Gasteiger partial charge < -0.3 is 19.9 Å². The van der Waals surface area contributed by atoms with Crippen LogP contribution in [-0.2, 0) is 11.3 Å². The summed E-state index contributed by atoms with van der Waals surface area (Å²) in [4.78, 5) is 0. The molecule has 4 nitrogen and oxygen atoms in total. The third kappa shape index (κ3) is 7.82. The van der Waals surface area contributed by atoms with E-state index in [-0.39, 0.29) is 0 Å². The zero-order valence-electron chi connectivity index (χ0n) is 12.1. The van der Waals surface area contributed by atoms with Gasteiger partial charge in [0.05, 0.1) is 18.8 Å². The predicted octanol–water partition coefficient (Wildman–Crippen LogP) is 1.96. The van der Waals surface area contributed by atoms with Crippen molar-refractivity contribution >= 4 is 0 Å². The minimum absolute atomic E-state index is 0.523. The molecule has 1 aromatic carbocycles. The van der Waals surface area contributed by atoms with Crippen molar-refractivity contribution < 1.29 is 14.6 Å². The molecule has 0 saturated carbocycles. The van der Waals surface area contributed by atoms with E-state index in [1.54, 1.807) is 21.0 Å². The maximum atomic E-state index is 9.58. The minimum Gasteiger partial charge on any atom is -0.493 e. The van der Waals surface area contributed by atoms with Crippen LogP contribution in [-0.4, -0.2) is 37.6 Å². The highest BCUT2D eigenvalue weighted by Gasteiger charge is 2.11. The molecule has 0 aliphatic heterocycles. The standard InChI is InChI=1S/C15H25NO3/c1-15(2,17)8-10-19-14-6-4-13(5-7-14)12-16-9-11-18-3/h4-7,16-17H,8-12H2,1-3H3. The van der Waals surface area contributed by atoms with E-state index in [1.807, 2.05) is 24.3 Å². The summed E-state index contributed by atoms with van der Waals surface area (Å²) in [5, 5.41) is 12.9. The smallest absolute Gasteiger partial charge is 0.119 e. The first-order valence-electron chi connectivity index (χ1n) is 6.65. The number of rotatable bonds is 9. The largest absolute Gasteiger partial charge is 0.493 e. The van der Waals surface area contributed by atoms with Crippen molar-refractivity contribution in [2.75, 3.05) is 26.9 Å². The monoisotopic (exact) mass is 267 g/mol. The van der Waals surface area contributed by atoms with Crippen LogP contribution in [0.15, 0.2) is 24.3 Å². The Hall–Kier alpha value is -1.10. The van der Waals surface area contributed by atoms with Crippen molar-refractivity contribution in [3.8, 4) is 5.75 Å². The average molecular weight is 267 g/mol. The third-order valence-electron chi connectivity index (χ3n) is 2.72. The van der Waals surface area contributed by atoms with Crippen LogP contribution in [0.5, 0.6) is 5.75 Å². The van der Waals surface area contributed by atoms with E-state index < -0.39 is 5.60 Å². The van der Waals surface area contributed by atoms with Crippen molar-refractivity contribution in [2.24, 2.45) is 0 Å². The van der Waals surface area contributed by atoms with Crippen LogP contribution in [0.3, 0.4) is 0 Å². The number of nitrogens with one attached hydrogen (secondary N) is 1. The van der Waals surface area contributed by atoms with Crippen molar-refractivity contribution in [2.45, 2.75) is 32.4 Å².